The predicted octanol–water partition coefficient (Wildman–Crippen LogP) is 3.27. The van der Waals surface area contributed by atoms with Crippen LogP contribution in [0.15, 0.2) is 12.4 Å². The number of sulfone groups is 1. The fraction of sp³-hybridized carbons (Fsp3) is 0.591. The summed E-state index contributed by atoms with van der Waals surface area (Å²) in [4.78, 5) is 8.30. The van der Waals surface area contributed by atoms with Gasteiger partial charge in [0.05, 0.1) is 10.3 Å². The highest BCUT2D eigenvalue weighted by atomic mass is 35.5. The number of methoxy groups -OCH3 is 1. The first-order chi connectivity index (χ1) is 16.1. The van der Waals surface area contributed by atoms with Gasteiger partial charge in [-0.25, -0.2) is 18.4 Å². The zero-order valence-corrected chi connectivity index (χ0v) is 21.6. The maximum absolute atomic E-state index is 13.4. The molecule has 0 bridgehead atoms. The van der Waals surface area contributed by atoms with Crippen LogP contribution < -0.4 is 0 Å². The van der Waals surface area contributed by atoms with Crippen LogP contribution in [0.4, 0.5) is 0 Å². The molecular weight excluding hydrogens is 478 g/mol. The third-order valence-electron chi connectivity index (χ3n) is 6.33. The van der Waals surface area contributed by atoms with Crippen LogP contribution in [0.2, 0.25) is 5.02 Å². The van der Waals surface area contributed by atoms with E-state index in [-0.39, 0.29) is 17.6 Å². The second kappa shape index (κ2) is 9.71. The summed E-state index contributed by atoms with van der Waals surface area (Å²) in [6, 6.07) is -0.0513. The Morgan fingerprint density at radius 2 is 1.79 bits per heavy atom. The standard InChI is InChI=1S/C22H30ClN7O3S/c1-13(2)30-18(26-27-22(30)19-16-8-6-7-9-17(16)29(4)28-19)12-34(31,32)14(3)20(33-5)21-24-10-15(23)11-25-21/h10-11,13-14,20H,6-9,12H2,1-5H3/t14-,20-/m0/s1. The first kappa shape index (κ1) is 24.7. The van der Waals surface area contributed by atoms with Gasteiger partial charge in [0.15, 0.2) is 21.5 Å². The second-order valence-corrected chi connectivity index (χ2v) is 11.7. The normalized spacial score (nSPS) is 16.0. The number of nitrogens with zero attached hydrogens (tertiary/aromatic N) is 7. The van der Waals surface area contributed by atoms with E-state index in [1.54, 1.807) is 6.92 Å². The first-order valence-electron chi connectivity index (χ1n) is 11.3. The Hall–Kier alpha value is -2.37. The summed E-state index contributed by atoms with van der Waals surface area (Å²) >= 11 is 5.87. The molecule has 0 spiro atoms. The SMILES string of the molecule is CO[C@H](c1ncc(Cl)cn1)[C@H](C)S(=O)(=O)Cc1nnc(-c2nn(C)c3c2CCCC3)n1C(C)C. The maximum atomic E-state index is 13.4. The molecule has 4 rings (SSSR count). The lowest BCUT2D eigenvalue weighted by Gasteiger charge is -2.22. The van der Waals surface area contributed by atoms with E-state index in [0.29, 0.717) is 16.7 Å². The van der Waals surface area contributed by atoms with Crippen molar-refractivity contribution in [3.8, 4) is 11.5 Å². The average Bonchev–Trinajstić information content (AvgIpc) is 3.36. The fourth-order valence-corrected chi connectivity index (χ4v) is 6.08. The van der Waals surface area contributed by atoms with Gasteiger partial charge < -0.3 is 9.30 Å². The number of aryl methyl sites for hydroxylation is 1. The number of ether oxygens (including phenoxy) is 1. The van der Waals surface area contributed by atoms with Crippen molar-refractivity contribution in [2.75, 3.05) is 7.11 Å². The molecule has 1 aliphatic carbocycles. The minimum absolute atomic E-state index is 0.0513. The molecule has 0 saturated carbocycles. The van der Waals surface area contributed by atoms with Gasteiger partial charge in [-0.2, -0.15) is 5.10 Å². The molecule has 3 aromatic heterocycles. The molecular formula is C22H30ClN7O3S. The van der Waals surface area contributed by atoms with Crippen molar-refractivity contribution < 1.29 is 13.2 Å². The third kappa shape index (κ3) is 4.60. The summed E-state index contributed by atoms with van der Waals surface area (Å²) in [6.07, 6.45) is 6.16. The van der Waals surface area contributed by atoms with Gasteiger partial charge in [-0.05, 0) is 46.5 Å². The number of aromatic nitrogens is 7. The van der Waals surface area contributed by atoms with Gasteiger partial charge in [-0.1, -0.05) is 11.6 Å². The number of halogens is 1. The molecule has 12 heteroatoms. The lowest BCUT2D eigenvalue weighted by atomic mass is 9.95. The zero-order valence-electron chi connectivity index (χ0n) is 20.1. The van der Waals surface area contributed by atoms with Crippen molar-refractivity contribution >= 4 is 21.4 Å². The van der Waals surface area contributed by atoms with Crippen LogP contribution in [0, 0.1) is 0 Å². The highest BCUT2D eigenvalue weighted by Crippen LogP contribution is 2.32. The molecule has 0 aromatic carbocycles. The van der Waals surface area contributed by atoms with Crippen molar-refractivity contribution in [2.24, 2.45) is 7.05 Å². The lowest BCUT2D eigenvalue weighted by molar-refractivity contribution is 0.0948. The summed E-state index contributed by atoms with van der Waals surface area (Å²) in [5, 5.41) is 12.9. The number of fused-ring (bicyclic) bond motifs is 1. The monoisotopic (exact) mass is 507 g/mol. The average molecular weight is 508 g/mol. The largest absolute Gasteiger partial charge is 0.372 e. The van der Waals surface area contributed by atoms with Crippen LogP contribution in [-0.4, -0.2) is 55.3 Å². The zero-order chi connectivity index (χ0) is 24.6. The Labute approximate surface area is 204 Å². The summed E-state index contributed by atoms with van der Waals surface area (Å²) in [5.74, 6) is 0.950. The van der Waals surface area contributed by atoms with E-state index < -0.39 is 21.2 Å². The summed E-state index contributed by atoms with van der Waals surface area (Å²) in [5.41, 5.74) is 3.19. The second-order valence-electron chi connectivity index (χ2n) is 8.94. The smallest absolute Gasteiger partial charge is 0.185 e. The molecule has 1 aliphatic rings. The van der Waals surface area contributed by atoms with E-state index in [1.165, 1.54) is 30.8 Å². The molecule has 184 valence electrons. The van der Waals surface area contributed by atoms with Gasteiger partial charge in [-0.3, -0.25) is 4.68 Å². The van der Waals surface area contributed by atoms with E-state index in [1.807, 2.05) is 30.1 Å². The van der Waals surface area contributed by atoms with E-state index in [2.05, 4.69) is 20.2 Å². The first-order valence-corrected chi connectivity index (χ1v) is 13.4. The molecule has 0 saturated heterocycles. The summed E-state index contributed by atoms with van der Waals surface area (Å²) in [7, 11) is -0.324. The lowest BCUT2D eigenvalue weighted by Crippen LogP contribution is -2.30. The van der Waals surface area contributed by atoms with Crippen LogP contribution in [0.3, 0.4) is 0 Å². The van der Waals surface area contributed by atoms with Gasteiger partial charge in [0.1, 0.15) is 23.4 Å². The van der Waals surface area contributed by atoms with Crippen molar-refractivity contribution in [2.45, 2.75) is 69.6 Å². The summed E-state index contributed by atoms with van der Waals surface area (Å²) in [6.45, 7) is 5.57. The molecule has 10 nitrogen and oxygen atoms in total. The molecule has 0 amide bonds. The van der Waals surface area contributed by atoms with Gasteiger partial charge in [0, 0.05) is 43.9 Å². The number of rotatable bonds is 8. The minimum Gasteiger partial charge on any atom is -0.372 e. The molecule has 0 aliphatic heterocycles. The van der Waals surface area contributed by atoms with Gasteiger partial charge in [-0.15, -0.1) is 10.2 Å². The van der Waals surface area contributed by atoms with Crippen molar-refractivity contribution in [1.29, 1.82) is 0 Å². The highest BCUT2D eigenvalue weighted by Gasteiger charge is 2.35. The van der Waals surface area contributed by atoms with E-state index >= 15 is 0 Å². The van der Waals surface area contributed by atoms with Crippen molar-refractivity contribution in [3.63, 3.8) is 0 Å². The molecule has 0 N–H and O–H groups in total. The van der Waals surface area contributed by atoms with Crippen molar-refractivity contribution in [3.05, 3.63) is 40.3 Å². The Morgan fingerprint density at radius 3 is 2.44 bits per heavy atom. The fourth-order valence-electron chi connectivity index (χ4n) is 4.55. The van der Waals surface area contributed by atoms with Gasteiger partial charge in [0.2, 0.25) is 0 Å². The van der Waals surface area contributed by atoms with Crippen LogP contribution >= 0.6 is 11.6 Å². The van der Waals surface area contributed by atoms with E-state index in [4.69, 9.17) is 21.4 Å². The Balaban J connectivity index is 1.68. The Morgan fingerprint density at radius 1 is 1.12 bits per heavy atom. The third-order valence-corrected chi connectivity index (χ3v) is 8.57. The van der Waals surface area contributed by atoms with E-state index in [9.17, 15) is 8.42 Å². The molecule has 0 fully saturated rings. The van der Waals surface area contributed by atoms with Crippen LogP contribution in [0.1, 0.15) is 68.7 Å². The van der Waals surface area contributed by atoms with Crippen LogP contribution in [-0.2, 0) is 40.2 Å². The Kier molecular flexibility index (Phi) is 7.07. The number of hydrogen-bond donors (Lipinski definition) is 0. The molecule has 2 atom stereocenters. The van der Waals surface area contributed by atoms with Crippen LogP contribution in [0.5, 0.6) is 0 Å². The predicted molar refractivity (Wildman–Crippen MR) is 128 cm³/mol. The quantitative estimate of drug-likeness (QED) is 0.456. The van der Waals surface area contributed by atoms with Gasteiger partial charge in [0.25, 0.3) is 0 Å². The molecule has 3 heterocycles. The molecule has 0 unspecified atom stereocenters. The van der Waals surface area contributed by atoms with Crippen LogP contribution in [0.25, 0.3) is 11.5 Å². The van der Waals surface area contributed by atoms with E-state index in [0.717, 1.165) is 31.4 Å². The minimum atomic E-state index is -3.71. The Bertz CT molecular complexity index is 1270. The summed E-state index contributed by atoms with van der Waals surface area (Å²) < 4.78 is 36.1. The number of hydrogen-bond acceptors (Lipinski definition) is 8. The topological polar surface area (TPSA) is 118 Å². The van der Waals surface area contributed by atoms with Crippen molar-refractivity contribution in [1.82, 2.24) is 34.5 Å². The molecule has 34 heavy (non-hydrogen) atoms. The molecule has 0 radical (unpaired) electrons. The highest BCUT2D eigenvalue weighted by molar-refractivity contribution is 7.91. The van der Waals surface area contributed by atoms with Gasteiger partial charge >= 0.3 is 0 Å². The molecule has 3 aromatic rings. The maximum Gasteiger partial charge on any atom is 0.185 e.